The highest BCUT2D eigenvalue weighted by atomic mass is 16.6. The third kappa shape index (κ3) is 9.91. The number of ether oxygens (including phenoxy) is 4. The highest BCUT2D eigenvalue weighted by Gasteiger charge is 2.37. The van der Waals surface area contributed by atoms with E-state index in [0.29, 0.717) is 0 Å². The highest BCUT2D eigenvalue weighted by Crippen LogP contribution is 2.21. The summed E-state index contributed by atoms with van der Waals surface area (Å²) in [7, 11) is 0. The highest BCUT2D eigenvalue weighted by molar-refractivity contribution is 5.82. The first kappa shape index (κ1) is 25.1. The molecule has 26 heavy (non-hydrogen) atoms. The molecule has 8 nitrogen and oxygen atoms in total. The van der Waals surface area contributed by atoms with E-state index >= 15 is 0 Å². The van der Waals surface area contributed by atoms with Crippen molar-refractivity contribution in [1.29, 1.82) is 0 Å². The molecule has 0 amide bonds. The zero-order valence-electron chi connectivity index (χ0n) is 13.7. The van der Waals surface area contributed by atoms with Gasteiger partial charge in [-0.05, 0) is 0 Å². The minimum Gasteiger partial charge on any atom is -0.462 e. The van der Waals surface area contributed by atoms with Crippen molar-refractivity contribution >= 4 is 32.3 Å². The molecule has 0 spiro atoms. The predicted molar refractivity (Wildman–Crippen MR) is 98.4 cm³/mol. The standard InChI is InChI=1S/C17H20O8.BH4/c1-5-13(18)22-9-17(10-23-14(19)6-2,11-24-15(20)7-3)12-25-16(21)8-4;/h5-8H,1-4,9-12H2;1H4/q;-1. The van der Waals surface area contributed by atoms with Crippen LogP contribution in [0, 0.1) is 5.41 Å². The van der Waals surface area contributed by atoms with Crippen LogP contribution in [0.25, 0.3) is 0 Å². The maximum Gasteiger partial charge on any atom is 0.330 e. The van der Waals surface area contributed by atoms with Crippen LogP contribution in [0.1, 0.15) is 0 Å². The van der Waals surface area contributed by atoms with Gasteiger partial charge in [0.15, 0.2) is 0 Å². The molecule has 0 unspecified atom stereocenters. The van der Waals surface area contributed by atoms with Crippen LogP contribution in [-0.4, -0.2) is 58.7 Å². The lowest BCUT2D eigenvalue weighted by Gasteiger charge is -2.31. The Balaban J connectivity index is 0. The van der Waals surface area contributed by atoms with Gasteiger partial charge < -0.3 is 18.9 Å². The van der Waals surface area contributed by atoms with Gasteiger partial charge in [-0.25, -0.2) is 19.2 Å². The fraction of sp³-hybridized carbons (Fsp3) is 0.294. The van der Waals surface area contributed by atoms with Crippen molar-refractivity contribution in [2.24, 2.45) is 5.41 Å². The van der Waals surface area contributed by atoms with Crippen molar-refractivity contribution in [1.82, 2.24) is 0 Å². The minimum atomic E-state index is -1.34. The van der Waals surface area contributed by atoms with E-state index in [1.54, 1.807) is 0 Å². The van der Waals surface area contributed by atoms with E-state index in [2.05, 4.69) is 26.3 Å². The third-order valence-electron chi connectivity index (χ3n) is 2.75. The Morgan fingerprint density at radius 2 is 0.769 bits per heavy atom. The Bertz CT molecular complexity index is 466. The van der Waals surface area contributed by atoms with Gasteiger partial charge in [0, 0.05) is 24.3 Å². The van der Waals surface area contributed by atoms with Gasteiger partial charge in [0.25, 0.3) is 0 Å². The SMILES string of the molecule is C=CC(=O)OCC(COC(=O)C=C)(COC(=O)C=C)COC(=O)C=C.[BH4-]. The number of rotatable bonds is 12. The number of esters is 4. The maximum absolute atomic E-state index is 11.3. The largest absolute Gasteiger partial charge is 0.462 e. The van der Waals surface area contributed by atoms with Gasteiger partial charge in [0.2, 0.25) is 0 Å². The maximum atomic E-state index is 11.3. The van der Waals surface area contributed by atoms with E-state index in [-0.39, 0.29) is 34.8 Å². The molecule has 0 radical (unpaired) electrons. The second kappa shape index (κ2) is 13.2. The van der Waals surface area contributed by atoms with Crippen LogP contribution in [-0.2, 0) is 38.1 Å². The Hall–Kier alpha value is -3.10. The van der Waals surface area contributed by atoms with Crippen molar-refractivity contribution in [2.75, 3.05) is 26.4 Å². The Morgan fingerprint density at radius 3 is 0.923 bits per heavy atom. The molecule has 0 aromatic rings. The number of hydrogen-bond acceptors (Lipinski definition) is 8. The molecule has 0 rings (SSSR count). The van der Waals surface area contributed by atoms with E-state index in [9.17, 15) is 19.2 Å². The van der Waals surface area contributed by atoms with Crippen LogP contribution in [0.2, 0.25) is 0 Å². The fourth-order valence-corrected chi connectivity index (χ4v) is 1.38. The lowest BCUT2D eigenvalue weighted by atomic mass is 9.92. The second-order valence-electron chi connectivity index (χ2n) is 4.75. The second-order valence-corrected chi connectivity index (χ2v) is 4.75. The molecule has 0 aromatic carbocycles. The molecule has 0 bridgehead atoms. The van der Waals surface area contributed by atoms with Crippen LogP contribution in [0.4, 0.5) is 0 Å². The molecule has 0 aliphatic heterocycles. The van der Waals surface area contributed by atoms with E-state index in [1.165, 1.54) is 0 Å². The molecule has 0 N–H and O–H groups in total. The number of carbonyl (C=O) groups is 4. The van der Waals surface area contributed by atoms with Gasteiger partial charge in [0.1, 0.15) is 31.8 Å². The molecule has 0 saturated heterocycles. The predicted octanol–water partition coefficient (Wildman–Crippen LogP) is -0.562. The molecule has 144 valence electrons. The first-order chi connectivity index (χ1) is 11.8. The molecule has 0 aliphatic rings. The van der Waals surface area contributed by atoms with Gasteiger partial charge in [0.05, 0.1) is 0 Å². The van der Waals surface area contributed by atoms with E-state index in [1.807, 2.05) is 0 Å². The van der Waals surface area contributed by atoms with E-state index in [4.69, 9.17) is 18.9 Å². The quantitative estimate of drug-likeness (QED) is 0.196. The fourth-order valence-electron chi connectivity index (χ4n) is 1.38. The molecule has 0 saturated carbocycles. The smallest absolute Gasteiger partial charge is 0.330 e. The summed E-state index contributed by atoms with van der Waals surface area (Å²) in [5.74, 6) is -3.04. The van der Waals surface area contributed by atoms with E-state index < -0.39 is 29.3 Å². The summed E-state index contributed by atoms with van der Waals surface area (Å²) in [5, 5.41) is 0. The van der Waals surface area contributed by atoms with Crippen molar-refractivity contribution < 1.29 is 38.1 Å². The van der Waals surface area contributed by atoms with Crippen molar-refractivity contribution in [3.8, 4) is 0 Å². The van der Waals surface area contributed by atoms with Gasteiger partial charge >= 0.3 is 23.9 Å². The zero-order valence-corrected chi connectivity index (χ0v) is 13.7. The minimum absolute atomic E-state index is 0. The third-order valence-corrected chi connectivity index (χ3v) is 2.75. The molecule has 0 atom stereocenters. The first-order valence-corrected chi connectivity index (χ1v) is 6.99. The van der Waals surface area contributed by atoms with E-state index in [0.717, 1.165) is 24.3 Å². The average Bonchev–Trinajstić information content (AvgIpc) is 2.65. The van der Waals surface area contributed by atoms with Crippen molar-refractivity contribution in [3.63, 3.8) is 0 Å². The molecule has 0 aromatic heterocycles. The van der Waals surface area contributed by atoms with Crippen LogP contribution < -0.4 is 0 Å². The summed E-state index contributed by atoms with van der Waals surface area (Å²) in [4.78, 5) is 45.3. The van der Waals surface area contributed by atoms with Gasteiger partial charge in [-0.2, -0.15) is 0 Å². The molecular weight excluding hydrogens is 343 g/mol. The van der Waals surface area contributed by atoms with Crippen LogP contribution in [0.5, 0.6) is 0 Å². The lowest BCUT2D eigenvalue weighted by Crippen LogP contribution is -2.43. The molecular formula is C17H24BO8-. The monoisotopic (exact) mass is 367 g/mol. The summed E-state index contributed by atoms with van der Waals surface area (Å²) >= 11 is 0. The van der Waals surface area contributed by atoms with Gasteiger partial charge in [-0.1, -0.05) is 34.7 Å². The summed E-state index contributed by atoms with van der Waals surface area (Å²) in [6.07, 6.45) is 3.69. The summed E-state index contributed by atoms with van der Waals surface area (Å²) in [5.41, 5.74) is -1.34. The lowest BCUT2D eigenvalue weighted by molar-refractivity contribution is -0.164. The normalized spacial score (nSPS) is 9.54. The van der Waals surface area contributed by atoms with Crippen LogP contribution in [0.15, 0.2) is 50.6 Å². The molecule has 0 fully saturated rings. The molecule has 0 aliphatic carbocycles. The van der Waals surface area contributed by atoms with Crippen molar-refractivity contribution in [3.05, 3.63) is 50.6 Å². The summed E-state index contributed by atoms with van der Waals surface area (Å²) in [6, 6.07) is 0. The Morgan fingerprint density at radius 1 is 0.577 bits per heavy atom. The summed E-state index contributed by atoms with van der Waals surface area (Å²) in [6.45, 7) is 11.5. The topological polar surface area (TPSA) is 105 Å². The zero-order chi connectivity index (χ0) is 19.3. The van der Waals surface area contributed by atoms with Crippen molar-refractivity contribution in [2.45, 2.75) is 0 Å². The van der Waals surface area contributed by atoms with Gasteiger partial charge in [-0.15, -0.1) is 0 Å². The summed E-state index contributed by atoms with van der Waals surface area (Å²) < 4.78 is 19.8. The molecule has 0 heterocycles. The number of hydrogen-bond donors (Lipinski definition) is 0. The first-order valence-electron chi connectivity index (χ1n) is 6.99. The number of carbonyl (C=O) groups excluding carboxylic acids is 4. The van der Waals surface area contributed by atoms with Gasteiger partial charge in [-0.3, -0.25) is 0 Å². The van der Waals surface area contributed by atoms with Crippen LogP contribution >= 0.6 is 0 Å². The average molecular weight is 367 g/mol. The Kier molecular flexibility index (Phi) is 12.8. The van der Waals surface area contributed by atoms with Crippen LogP contribution in [0.3, 0.4) is 0 Å². The molecule has 9 heteroatoms. The Labute approximate surface area is 153 Å².